The highest BCUT2D eigenvalue weighted by atomic mass is 13.6. The minimum absolute atomic E-state index is 0. The van der Waals surface area contributed by atoms with Crippen molar-refractivity contribution in [2.75, 3.05) is 0 Å². The lowest BCUT2D eigenvalue weighted by molar-refractivity contribution is 0.886. The minimum atomic E-state index is 0. The smallest absolute Gasteiger partial charge is 0.00108 e. The van der Waals surface area contributed by atoms with Gasteiger partial charge in [0.05, 0.1) is 0 Å². The predicted molar refractivity (Wildman–Crippen MR) is 309 cm³/mol. The highest BCUT2D eigenvalue weighted by Gasteiger charge is 1.57. The monoisotopic (exact) mass is 827 g/mol. The Kier molecular flexibility index (Phi) is 2090. The number of unbranched alkanes of at least 4 members (excludes halogenated alkanes) is 2. The molecular weight excluding hydrogens is 685 g/mol. The van der Waals surface area contributed by atoms with E-state index in [0.717, 1.165) is 0 Å². The SMILES string of the molecule is C.C.C.C.C.C.C.C.C.C.C.C.C.CC.CC.CC.CC.CC.CC.CC.CC#CC#CC#CC.CC#CC#CC#CC.CCC.CCC.CCCC.CCCC. The van der Waals surface area contributed by atoms with Crippen molar-refractivity contribution in [3.63, 3.8) is 0 Å². The zero-order valence-electron chi connectivity index (χ0n) is 36.2. The summed E-state index contributed by atoms with van der Waals surface area (Å²) < 4.78 is 0. The van der Waals surface area contributed by atoms with E-state index in [1.807, 2.05) is 96.9 Å². The van der Waals surface area contributed by atoms with Gasteiger partial charge in [0.15, 0.2) is 0 Å². The molecule has 0 rings (SSSR count). The summed E-state index contributed by atoms with van der Waals surface area (Å²) >= 11 is 0. The van der Waals surface area contributed by atoms with Crippen LogP contribution in [0, 0.1) is 71.0 Å². The number of hydrogen-bond donors (Lipinski definition) is 0. The summed E-state index contributed by atoms with van der Waals surface area (Å²) in [5.41, 5.74) is 0. The zero-order valence-corrected chi connectivity index (χ0v) is 36.2. The Morgan fingerprint density at radius 2 is 0.263 bits per heavy atom. The highest BCUT2D eigenvalue weighted by molar-refractivity contribution is 5.35. The fourth-order valence-corrected chi connectivity index (χ4v) is 0.375. The molecule has 0 fully saturated rings. The molecule has 0 aromatic rings. The quantitative estimate of drug-likeness (QED) is 0.243. The fraction of sp³-hybridized carbons (Fsp3) is 0.789. The average molecular weight is 828 g/mol. The molecule has 370 valence electrons. The van der Waals surface area contributed by atoms with Gasteiger partial charge in [-0.1, -0.05) is 311 Å². The van der Waals surface area contributed by atoms with E-state index in [0.29, 0.717) is 0 Å². The van der Waals surface area contributed by atoms with Crippen LogP contribution in [0.25, 0.3) is 0 Å². The largest absolute Gasteiger partial charge is 0.0925 e. The molecule has 57 heavy (non-hydrogen) atoms. The molecule has 0 aliphatic rings. The molecule has 0 aliphatic carbocycles. The number of hydrogen-bond acceptors (Lipinski definition) is 0. The molecule has 0 nitrogen and oxygen atoms in total. The van der Waals surface area contributed by atoms with Crippen LogP contribution in [0.1, 0.15) is 315 Å². The molecule has 0 radical (unpaired) electrons. The maximum Gasteiger partial charge on any atom is -0.00108 e. The first-order chi connectivity index (χ1) is 21.5. The van der Waals surface area contributed by atoms with Crippen molar-refractivity contribution in [1.29, 1.82) is 0 Å². The van der Waals surface area contributed by atoms with E-state index in [2.05, 4.69) is 126 Å². The van der Waals surface area contributed by atoms with Gasteiger partial charge in [0.2, 0.25) is 0 Å². The van der Waals surface area contributed by atoms with Crippen LogP contribution in [-0.2, 0) is 0 Å². The lowest BCUT2D eigenvalue weighted by atomic mass is 10.4. The first kappa shape index (κ1) is 192. The van der Waals surface area contributed by atoms with Crippen LogP contribution in [0.3, 0.4) is 0 Å². The second-order valence-corrected chi connectivity index (χ2v) is 5.41. The molecule has 0 saturated carbocycles. The molecule has 0 saturated heterocycles. The number of rotatable bonds is 2. The lowest BCUT2D eigenvalue weighted by Gasteiger charge is -1.68. The van der Waals surface area contributed by atoms with E-state index in [-0.39, 0.29) is 96.5 Å². The van der Waals surface area contributed by atoms with Gasteiger partial charge in [0, 0.05) is 0 Å². The lowest BCUT2D eigenvalue weighted by Crippen LogP contribution is -1.48. The molecule has 0 spiro atoms. The summed E-state index contributed by atoms with van der Waals surface area (Å²) in [6.45, 7) is 52.2. The van der Waals surface area contributed by atoms with Crippen LogP contribution in [0.15, 0.2) is 0 Å². The van der Waals surface area contributed by atoms with Crippen molar-refractivity contribution in [2.24, 2.45) is 0 Å². The molecule has 0 unspecified atom stereocenters. The Morgan fingerprint density at radius 1 is 0.193 bits per heavy atom. The molecule has 0 N–H and O–H groups in total. The Balaban J connectivity index is -0.00000000775. The Hall–Kier alpha value is -2.64. The summed E-state index contributed by atoms with van der Waals surface area (Å²) in [4.78, 5) is 0. The molecule has 0 heteroatoms. The molecule has 0 aliphatic heterocycles. The molecule has 0 bridgehead atoms. The predicted octanol–water partition coefficient (Wildman–Crippen LogP) is 24.0. The van der Waals surface area contributed by atoms with Crippen molar-refractivity contribution in [3.8, 4) is 71.0 Å². The van der Waals surface area contributed by atoms with Crippen LogP contribution >= 0.6 is 0 Å². The van der Waals surface area contributed by atoms with Gasteiger partial charge in [0.1, 0.15) is 0 Å². The molecule has 0 heterocycles. The first-order valence-corrected chi connectivity index (χ1v) is 18.2. The maximum atomic E-state index is 2.64. The van der Waals surface area contributed by atoms with Gasteiger partial charge in [-0.05, 0) is 75.1 Å². The summed E-state index contributed by atoms with van der Waals surface area (Å²) in [7, 11) is 0. The van der Waals surface area contributed by atoms with Crippen molar-refractivity contribution in [1.82, 2.24) is 0 Å². The standard InChI is InChI=1S/2C8H6.2C4H10.2C3H8.7C2H6.13CH4/c2*1-3-5-7-8-6-4-2;2*1-3-4-2;2*1-3-2;7*1-2;;;;;;;;;;;;;/h2*1-2H3;2*3-4H2,1-2H3;2*3H2,1-2H3;7*1-2H3;13*1H4. The van der Waals surface area contributed by atoms with Crippen LogP contribution in [0.5, 0.6) is 0 Å². The van der Waals surface area contributed by atoms with Crippen molar-refractivity contribution in [2.45, 2.75) is 315 Å². The summed E-state index contributed by atoms with van der Waals surface area (Å²) in [6.07, 6.45) is 7.78. The topological polar surface area (TPSA) is 0 Å². The molecule has 0 amide bonds. The van der Waals surface area contributed by atoms with Gasteiger partial charge >= 0.3 is 0 Å². The minimum Gasteiger partial charge on any atom is -0.0925 e. The van der Waals surface area contributed by atoms with Crippen molar-refractivity contribution >= 4 is 0 Å². The van der Waals surface area contributed by atoms with E-state index >= 15 is 0 Å². The van der Waals surface area contributed by atoms with Crippen LogP contribution in [0.2, 0.25) is 0 Å². The van der Waals surface area contributed by atoms with Gasteiger partial charge in [0.25, 0.3) is 0 Å². The maximum absolute atomic E-state index is 2.64. The Labute approximate surface area is 384 Å². The van der Waals surface area contributed by atoms with E-state index in [9.17, 15) is 0 Å². The van der Waals surface area contributed by atoms with Gasteiger partial charge in [-0.25, -0.2) is 0 Å². The first-order valence-electron chi connectivity index (χ1n) is 18.2. The van der Waals surface area contributed by atoms with Crippen LogP contribution in [0.4, 0.5) is 0 Å². The molecule has 0 aromatic carbocycles. The zero-order chi connectivity index (χ0) is 38.7. The third-order valence-corrected chi connectivity index (χ3v) is 1.88. The van der Waals surface area contributed by atoms with E-state index in [1.54, 1.807) is 27.7 Å². The van der Waals surface area contributed by atoms with E-state index in [4.69, 9.17) is 0 Å². The third kappa shape index (κ3) is 1610. The highest BCUT2D eigenvalue weighted by Crippen LogP contribution is 1.77. The summed E-state index contributed by atoms with van der Waals surface area (Å²) in [6, 6.07) is 0. The van der Waals surface area contributed by atoms with E-state index < -0.39 is 0 Å². The average Bonchev–Trinajstić information content (AvgIpc) is 3.12. The second-order valence-electron chi connectivity index (χ2n) is 5.41. The molecule has 0 aromatic heterocycles. The van der Waals surface area contributed by atoms with Gasteiger partial charge in [-0.2, -0.15) is 0 Å². The van der Waals surface area contributed by atoms with E-state index in [1.165, 1.54) is 38.5 Å². The molecular formula is C57H142. The van der Waals surface area contributed by atoms with Gasteiger partial charge in [-0.15, -0.1) is 0 Å². The summed E-state index contributed by atoms with van der Waals surface area (Å²) in [5, 5.41) is 0. The Morgan fingerprint density at radius 3 is 0.298 bits per heavy atom. The molecule has 0 atom stereocenters. The van der Waals surface area contributed by atoms with Crippen molar-refractivity contribution < 1.29 is 0 Å². The fourth-order valence-electron chi connectivity index (χ4n) is 0.375. The van der Waals surface area contributed by atoms with Crippen LogP contribution < -0.4 is 0 Å². The second kappa shape index (κ2) is 620. The normalized spacial score (nSPS) is 3.47. The van der Waals surface area contributed by atoms with Crippen LogP contribution in [-0.4, -0.2) is 0 Å². The van der Waals surface area contributed by atoms with Gasteiger partial charge < -0.3 is 0 Å². The van der Waals surface area contributed by atoms with Crippen molar-refractivity contribution in [3.05, 3.63) is 0 Å². The summed E-state index contributed by atoms with van der Waals surface area (Å²) in [5.74, 6) is 31.0. The third-order valence-electron chi connectivity index (χ3n) is 1.88. The Bertz CT molecular complexity index is 511. The van der Waals surface area contributed by atoms with Gasteiger partial charge in [-0.3, -0.25) is 0 Å².